The minimum Gasteiger partial charge on any atom is -0.490 e. The molecule has 0 spiro atoms. The molecule has 1 aromatic rings. The zero-order valence-corrected chi connectivity index (χ0v) is 12.2. The van der Waals surface area contributed by atoms with E-state index in [-0.39, 0.29) is 18.8 Å². The van der Waals surface area contributed by atoms with Gasteiger partial charge < -0.3 is 14.8 Å². The number of hydrogen-bond donors (Lipinski definition) is 1. The first-order chi connectivity index (χ1) is 9.89. The SMILES string of the molecule is CNC(CCOCC(F)(F)F)c1ccc2c(c1)CC(C)O2. The van der Waals surface area contributed by atoms with Gasteiger partial charge in [-0.15, -0.1) is 0 Å². The van der Waals surface area contributed by atoms with Gasteiger partial charge in [0.2, 0.25) is 0 Å². The molecule has 21 heavy (non-hydrogen) atoms. The van der Waals surface area contributed by atoms with Crippen LogP contribution in [0.4, 0.5) is 13.2 Å². The third-order valence-electron chi connectivity index (χ3n) is 3.49. The maximum absolute atomic E-state index is 12.0. The van der Waals surface area contributed by atoms with Gasteiger partial charge in [-0.1, -0.05) is 12.1 Å². The molecule has 0 radical (unpaired) electrons. The molecule has 2 atom stereocenters. The van der Waals surface area contributed by atoms with E-state index in [4.69, 9.17) is 4.74 Å². The van der Waals surface area contributed by atoms with Crippen LogP contribution in [0, 0.1) is 0 Å². The van der Waals surface area contributed by atoms with Crippen LogP contribution in [-0.4, -0.2) is 32.5 Å². The summed E-state index contributed by atoms with van der Waals surface area (Å²) in [6.45, 7) is 0.883. The van der Waals surface area contributed by atoms with Gasteiger partial charge in [-0.2, -0.15) is 13.2 Å². The molecule has 1 aliphatic heterocycles. The molecule has 6 heteroatoms. The second kappa shape index (κ2) is 6.66. The van der Waals surface area contributed by atoms with Gasteiger partial charge >= 0.3 is 6.18 Å². The lowest BCUT2D eigenvalue weighted by Gasteiger charge is -2.18. The molecule has 0 saturated heterocycles. The summed E-state index contributed by atoms with van der Waals surface area (Å²) in [7, 11) is 1.79. The fourth-order valence-corrected chi connectivity index (χ4v) is 2.53. The number of alkyl halides is 3. The van der Waals surface area contributed by atoms with E-state index in [1.54, 1.807) is 7.05 Å². The Morgan fingerprint density at radius 2 is 2.19 bits per heavy atom. The summed E-state index contributed by atoms with van der Waals surface area (Å²) < 4.78 is 46.4. The summed E-state index contributed by atoms with van der Waals surface area (Å²) >= 11 is 0. The van der Waals surface area contributed by atoms with E-state index in [0.717, 1.165) is 23.3 Å². The predicted octanol–water partition coefficient (Wildman–Crippen LogP) is 3.24. The van der Waals surface area contributed by atoms with Gasteiger partial charge in [-0.3, -0.25) is 0 Å². The molecule has 3 nitrogen and oxygen atoms in total. The predicted molar refractivity (Wildman–Crippen MR) is 73.5 cm³/mol. The van der Waals surface area contributed by atoms with Crippen molar-refractivity contribution in [2.24, 2.45) is 0 Å². The maximum Gasteiger partial charge on any atom is 0.411 e. The summed E-state index contributed by atoms with van der Waals surface area (Å²) in [4.78, 5) is 0. The molecule has 2 rings (SSSR count). The van der Waals surface area contributed by atoms with Crippen molar-refractivity contribution in [1.29, 1.82) is 0 Å². The molecule has 0 bridgehead atoms. The van der Waals surface area contributed by atoms with Crippen molar-refractivity contribution in [3.8, 4) is 5.75 Å². The van der Waals surface area contributed by atoms with E-state index >= 15 is 0 Å². The lowest BCUT2D eigenvalue weighted by Crippen LogP contribution is -2.21. The highest BCUT2D eigenvalue weighted by atomic mass is 19.4. The van der Waals surface area contributed by atoms with E-state index in [2.05, 4.69) is 16.1 Å². The van der Waals surface area contributed by atoms with Crippen LogP contribution in [0.25, 0.3) is 0 Å². The van der Waals surface area contributed by atoms with Gasteiger partial charge in [0.15, 0.2) is 0 Å². The normalized spacial score (nSPS) is 19.2. The zero-order chi connectivity index (χ0) is 15.5. The highest BCUT2D eigenvalue weighted by Gasteiger charge is 2.27. The Hall–Kier alpha value is -1.27. The molecule has 1 aromatic carbocycles. The number of rotatable bonds is 6. The minimum atomic E-state index is -4.27. The Bertz CT molecular complexity index is 476. The lowest BCUT2D eigenvalue weighted by molar-refractivity contribution is -0.174. The number of nitrogens with one attached hydrogen (secondary N) is 1. The summed E-state index contributed by atoms with van der Waals surface area (Å²) in [5.41, 5.74) is 2.20. The van der Waals surface area contributed by atoms with E-state index in [0.29, 0.717) is 6.42 Å². The van der Waals surface area contributed by atoms with Crippen LogP contribution in [0.1, 0.15) is 30.5 Å². The largest absolute Gasteiger partial charge is 0.490 e. The Kier molecular flexibility index (Phi) is 5.11. The van der Waals surface area contributed by atoms with Crippen LogP contribution in [0.5, 0.6) is 5.75 Å². The molecule has 0 amide bonds. The van der Waals surface area contributed by atoms with Crippen molar-refractivity contribution >= 4 is 0 Å². The third kappa shape index (κ3) is 4.61. The average molecular weight is 303 g/mol. The molecule has 2 unspecified atom stereocenters. The number of fused-ring (bicyclic) bond motifs is 1. The van der Waals surface area contributed by atoms with Crippen molar-refractivity contribution in [2.45, 2.75) is 38.1 Å². The van der Waals surface area contributed by atoms with Crippen molar-refractivity contribution in [2.75, 3.05) is 20.3 Å². The topological polar surface area (TPSA) is 30.5 Å². The number of halogens is 3. The second-order valence-corrected chi connectivity index (χ2v) is 5.30. The van der Waals surface area contributed by atoms with E-state index in [9.17, 15) is 13.2 Å². The van der Waals surface area contributed by atoms with Gasteiger partial charge in [0.25, 0.3) is 0 Å². The number of benzene rings is 1. The molecule has 0 saturated carbocycles. The Balaban J connectivity index is 1.91. The van der Waals surface area contributed by atoms with E-state index in [1.807, 2.05) is 19.1 Å². The molecular weight excluding hydrogens is 283 g/mol. The summed E-state index contributed by atoms with van der Waals surface area (Å²) in [5, 5.41) is 3.12. The van der Waals surface area contributed by atoms with E-state index in [1.165, 1.54) is 0 Å². The van der Waals surface area contributed by atoms with Crippen LogP contribution in [-0.2, 0) is 11.2 Å². The molecule has 0 aromatic heterocycles. The molecule has 1 aliphatic rings. The van der Waals surface area contributed by atoms with Crippen molar-refractivity contribution < 1.29 is 22.6 Å². The molecule has 0 aliphatic carbocycles. The lowest BCUT2D eigenvalue weighted by atomic mass is 10.00. The summed E-state index contributed by atoms with van der Waals surface area (Å²) in [6.07, 6.45) is -2.74. The van der Waals surface area contributed by atoms with Crippen LogP contribution in [0.2, 0.25) is 0 Å². The van der Waals surface area contributed by atoms with Crippen molar-refractivity contribution in [3.63, 3.8) is 0 Å². The highest BCUT2D eigenvalue weighted by molar-refractivity contribution is 5.41. The van der Waals surface area contributed by atoms with Crippen LogP contribution < -0.4 is 10.1 Å². The van der Waals surface area contributed by atoms with Crippen LogP contribution >= 0.6 is 0 Å². The Labute approximate surface area is 122 Å². The van der Waals surface area contributed by atoms with Gasteiger partial charge in [0, 0.05) is 19.1 Å². The molecule has 118 valence electrons. The number of ether oxygens (including phenoxy) is 2. The fourth-order valence-electron chi connectivity index (χ4n) is 2.53. The Morgan fingerprint density at radius 3 is 2.86 bits per heavy atom. The van der Waals surface area contributed by atoms with Gasteiger partial charge in [-0.05, 0) is 37.6 Å². The Morgan fingerprint density at radius 1 is 1.43 bits per heavy atom. The number of hydrogen-bond acceptors (Lipinski definition) is 3. The quantitative estimate of drug-likeness (QED) is 0.818. The van der Waals surface area contributed by atoms with E-state index < -0.39 is 12.8 Å². The monoisotopic (exact) mass is 303 g/mol. The maximum atomic E-state index is 12.0. The minimum absolute atomic E-state index is 0.0283. The molecule has 1 N–H and O–H groups in total. The van der Waals surface area contributed by atoms with Gasteiger partial charge in [-0.25, -0.2) is 0 Å². The van der Waals surface area contributed by atoms with Gasteiger partial charge in [0.05, 0.1) is 0 Å². The first-order valence-corrected chi connectivity index (χ1v) is 7.00. The smallest absolute Gasteiger partial charge is 0.411 e. The fraction of sp³-hybridized carbons (Fsp3) is 0.600. The molecule has 0 fully saturated rings. The third-order valence-corrected chi connectivity index (χ3v) is 3.49. The van der Waals surface area contributed by atoms with Crippen molar-refractivity contribution in [3.05, 3.63) is 29.3 Å². The summed E-state index contributed by atoms with van der Waals surface area (Å²) in [6, 6.07) is 5.90. The molecular formula is C15H20F3NO2. The second-order valence-electron chi connectivity index (χ2n) is 5.30. The van der Waals surface area contributed by atoms with Crippen molar-refractivity contribution in [1.82, 2.24) is 5.32 Å². The van der Waals surface area contributed by atoms with Crippen LogP contribution in [0.15, 0.2) is 18.2 Å². The first-order valence-electron chi connectivity index (χ1n) is 7.00. The molecule has 1 heterocycles. The summed E-state index contributed by atoms with van der Waals surface area (Å²) in [5.74, 6) is 0.898. The zero-order valence-electron chi connectivity index (χ0n) is 12.2. The standard InChI is InChI=1S/C15H20F3NO2/c1-10-7-12-8-11(3-4-14(12)21-10)13(19-2)5-6-20-9-15(16,17)18/h3-4,8,10,13,19H,5-7,9H2,1-2H3. The van der Waals surface area contributed by atoms with Gasteiger partial charge in [0.1, 0.15) is 18.5 Å². The average Bonchev–Trinajstić information content (AvgIpc) is 2.76. The van der Waals surface area contributed by atoms with Crippen LogP contribution in [0.3, 0.4) is 0 Å². The first kappa shape index (κ1) is 16.1. The highest BCUT2D eigenvalue weighted by Crippen LogP contribution is 2.31.